The van der Waals surface area contributed by atoms with Crippen molar-refractivity contribution in [3.8, 4) is 5.69 Å². The van der Waals surface area contributed by atoms with Crippen LogP contribution in [0.15, 0.2) is 42.5 Å². The number of urea groups is 1. The third kappa shape index (κ3) is 6.49. The highest BCUT2D eigenvalue weighted by Crippen LogP contribution is 2.29. The number of aromatic nitrogens is 2. The number of nitrogens with zero attached hydrogens (tertiary/aromatic N) is 3. The molecule has 0 spiro atoms. The lowest BCUT2D eigenvalue weighted by Gasteiger charge is -2.21. The Kier molecular flexibility index (Phi) is 8.02. The minimum absolute atomic E-state index is 0.0697. The van der Waals surface area contributed by atoms with Gasteiger partial charge in [-0.25, -0.2) is 18.3 Å². The van der Waals surface area contributed by atoms with E-state index < -0.39 is 23.6 Å². The monoisotopic (exact) mass is 523 g/mol. The van der Waals surface area contributed by atoms with Crippen LogP contribution in [0.1, 0.15) is 33.4 Å². The maximum absolute atomic E-state index is 13.4. The van der Waals surface area contributed by atoms with Gasteiger partial charge in [0.15, 0.2) is 11.6 Å². The summed E-state index contributed by atoms with van der Waals surface area (Å²) in [6.07, 6.45) is 0. The summed E-state index contributed by atoms with van der Waals surface area (Å²) in [5.41, 5.74) is 1.08. The van der Waals surface area contributed by atoms with Gasteiger partial charge in [0.2, 0.25) is 5.91 Å². The van der Waals surface area contributed by atoms with E-state index >= 15 is 0 Å². The van der Waals surface area contributed by atoms with Crippen molar-refractivity contribution < 1.29 is 18.4 Å². The van der Waals surface area contributed by atoms with Gasteiger partial charge in [-0.2, -0.15) is 5.10 Å². The average Bonchev–Trinajstić information content (AvgIpc) is 3.20. The quantitative estimate of drug-likeness (QED) is 0.400. The maximum Gasteiger partial charge on any atom is 0.322 e. The van der Waals surface area contributed by atoms with E-state index in [-0.39, 0.29) is 24.2 Å². The number of carbonyl (C=O) groups excluding carboxylic acids is 2. The largest absolute Gasteiger partial charge is 0.322 e. The van der Waals surface area contributed by atoms with Gasteiger partial charge < -0.3 is 15.5 Å². The number of rotatable bonds is 6. The second kappa shape index (κ2) is 10.6. The minimum atomic E-state index is -1.09. The summed E-state index contributed by atoms with van der Waals surface area (Å²) >= 11 is 12.2. The third-order valence-corrected chi connectivity index (χ3v) is 5.81. The van der Waals surface area contributed by atoms with Gasteiger partial charge in [-0.3, -0.25) is 4.79 Å². The second-order valence-electron chi connectivity index (χ2n) is 8.80. The van der Waals surface area contributed by atoms with E-state index in [1.165, 1.54) is 11.0 Å². The van der Waals surface area contributed by atoms with Crippen LogP contribution in [0.4, 0.5) is 25.1 Å². The van der Waals surface area contributed by atoms with Crippen LogP contribution in [0.25, 0.3) is 5.69 Å². The zero-order valence-corrected chi connectivity index (χ0v) is 21.1. The summed E-state index contributed by atoms with van der Waals surface area (Å²) in [5.74, 6) is -2.21. The molecule has 2 N–H and O–H groups in total. The Hall–Kier alpha value is -3.17. The highest BCUT2D eigenvalue weighted by molar-refractivity contribution is 6.42. The van der Waals surface area contributed by atoms with Gasteiger partial charge in [0.05, 0.1) is 21.4 Å². The molecule has 0 aliphatic carbocycles. The Morgan fingerprint density at radius 2 is 1.71 bits per heavy atom. The van der Waals surface area contributed by atoms with E-state index in [9.17, 15) is 18.4 Å². The lowest BCUT2D eigenvalue weighted by molar-refractivity contribution is -0.116. The van der Waals surface area contributed by atoms with Crippen molar-refractivity contribution in [2.45, 2.75) is 33.1 Å². The van der Waals surface area contributed by atoms with Crippen LogP contribution >= 0.6 is 23.2 Å². The summed E-state index contributed by atoms with van der Waals surface area (Å²) in [7, 11) is 0. The molecule has 0 radical (unpaired) electrons. The van der Waals surface area contributed by atoms with Crippen LogP contribution in [0.5, 0.6) is 0 Å². The molecule has 0 fully saturated rings. The predicted octanol–water partition coefficient (Wildman–Crippen LogP) is 6.25. The highest BCUT2D eigenvalue weighted by atomic mass is 35.5. The van der Waals surface area contributed by atoms with E-state index in [0.29, 0.717) is 21.6 Å². The number of nitrogens with one attached hydrogen (secondary N) is 2. The molecule has 0 atom stereocenters. The molecule has 3 amide bonds. The van der Waals surface area contributed by atoms with Crippen molar-refractivity contribution in [3.63, 3.8) is 0 Å². The number of carbonyl (C=O) groups is 2. The smallest absolute Gasteiger partial charge is 0.315 e. The first-order valence-electron chi connectivity index (χ1n) is 10.8. The molecular weight excluding hydrogens is 499 g/mol. The SMILES string of the molecule is CCN(CC(=O)Nc1cc(C(C)(C)C)nn1-c1ccc(Cl)c(Cl)c1)C(=O)Nc1ccc(F)c(F)c1. The minimum Gasteiger partial charge on any atom is -0.315 e. The Balaban J connectivity index is 1.79. The highest BCUT2D eigenvalue weighted by Gasteiger charge is 2.23. The summed E-state index contributed by atoms with van der Waals surface area (Å²) in [6.45, 7) is 7.56. The molecule has 3 aromatic rings. The van der Waals surface area contributed by atoms with Gasteiger partial charge in [0.25, 0.3) is 0 Å². The first-order valence-corrected chi connectivity index (χ1v) is 11.5. The standard InChI is InChI=1S/C24H25Cl2F2N5O2/c1-5-32(23(35)29-14-6-9-18(27)19(28)10-14)13-22(34)30-21-12-20(24(2,3)4)31-33(21)15-7-8-16(25)17(26)11-15/h6-12H,5,13H2,1-4H3,(H,29,35)(H,30,34). The van der Waals surface area contributed by atoms with Crippen LogP contribution in [0.3, 0.4) is 0 Å². The molecule has 0 bridgehead atoms. The lowest BCUT2D eigenvalue weighted by atomic mass is 9.92. The zero-order valence-electron chi connectivity index (χ0n) is 19.6. The Morgan fingerprint density at radius 3 is 2.31 bits per heavy atom. The van der Waals surface area contributed by atoms with Gasteiger partial charge in [-0.1, -0.05) is 44.0 Å². The van der Waals surface area contributed by atoms with Crippen molar-refractivity contribution in [1.82, 2.24) is 14.7 Å². The fourth-order valence-corrected chi connectivity index (χ4v) is 3.40. The summed E-state index contributed by atoms with van der Waals surface area (Å²) in [4.78, 5) is 26.7. The first kappa shape index (κ1) is 26.4. The van der Waals surface area contributed by atoms with E-state index in [1.807, 2.05) is 20.8 Å². The van der Waals surface area contributed by atoms with Crippen LogP contribution in [0.2, 0.25) is 10.0 Å². The zero-order chi connectivity index (χ0) is 25.9. The molecule has 0 saturated carbocycles. The van der Waals surface area contributed by atoms with Gasteiger partial charge >= 0.3 is 6.03 Å². The summed E-state index contributed by atoms with van der Waals surface area (Å²) in [6, 6.07) is 9.10. The van der Waals surface area contributed by atoms with Crippen molar-refractivity contribution in [2.24, 2.45) is 0 Å². The number of halogens is 4. The van der Waals surface area contributed by atoms with Crippen molar-refractivity contribution >= 4 is 46.6 Å². The lowest BCUT2D eigenvalue weighted by Crippen LogP contribution is -2.40. The molecular formula is C24H25Cl2F2N5O2. The van der Waals surface area contributed by atoms with E-state index in [1.54, 1.807) is 35.9 Å². The van der Waals surface area contributed by atoms with E-state index in [2.05, 4.69) is 15.7 Å². The van der Waals surface area contributed by atoms with Crippen LogP contribution in [-0.2, 0) is 10.2 Å². The van der Waals surface area contributed by atoms with Gasteiger partial charge in [0.1, 0.15) is 12.4 Å². The molecule has 2 aromatic carbocycles. The molecule has 0 unspecified atom stereocenters. The van der Waals surface area contributed by atoms with Crippen LogP contribution in [0, 0.1) is 11.6 Å². The molecule has 0 saturated heterocycles. The number of hydrogen-bond donors (Lipinski definition) is 2. The fraction of sp³-hybridized carbons (Fsp3) is 0.292. The fourth-order valence-electron chi connectivity index (χ4n) is 3.11. The molecule has 186 valence electrons. The first-order chi connectivity index (χ1) is 16.4. The second-order valence-corrected chi connectivity index (χ2v) is 9.61. The maximum atomic E-state index is 13.4. The van der Waals surface area contributed by atoms with Gasteiger partial charge in [0, 0.05) is 29.8 Å². The normalized spacial score (nSPS) is 11.3. The molecule has 0 aliphatic rings. The molecule has 7 nitrogen and oxygen atoms in total. The number of likely N-dealkylation sites (N-methyl/N-ethyl adjacent to an activating group) is 1. The van der Waals surface area contributed by atoms with E-state index in [4.69, 9.17) is 23.2 Å². The Labute approximate surface area is 212 Å². The topological polar surface area (TPSA) is 79.3 Å². The third-order valence-electron chi connectivity index (χ3n) is 5.07. The van der Waals surface area contributed by atoms with Crippen molar-refractivity contribution in [2.75, 3.05) is 23.7 Å². The van der Waals surface area contributed by atoms with Gasteiger partial charge in [-0.05, 0) is 37.3 Å². The molecule has 0 aliphatic heterocycles. The summed E-state index contributed by atoms with van der Waals surface area (Å²) < 4.78 is 28.1. The molecule has 1 heterocycles. The number of hydrogen-bond acceptors (Lipinski definition) is 3. The Morgan fingerprint density at radius 1 is 1.00 bits per heavy atom. The number of amides is 3. The average molecular weight is 524 g/mol. The van der Waals surface area contributed by atoms with Gasteiger partial charge in [-0.15, -0.1) is 0 Å². The van der Waals surface area contributed by atoms with Crippen LogP contribution < -0.4 is 10.6 Å². The molecule has 3 rings (SSSR count). The van der Waals surface area contributed by atoms with E-state index in [0.717, 1.165) is 17.8 Å². The van der Waals surface area contributed by atoms with Crippen LogP contribution in [-0.4, -0.2) is 39.7 Å². The van der Waals surface area contributed by atoms with Crippen molar-refractivity contribution in [3.05, 3.63) is 69.8 Å². The summed E-state index contributed by atoms with van der Waals surface area (Å²) in [5, 5.41) is 10.6. The molecule has 11 heteroatoms. The number of anilines is 2. The predicted molar refractivity (Wildman–Crippen MR) is 134 cm³/mol. The number of benzene rings is 2. The molecule has 35 heavy (non-hydrogen) atoms. The Bertz CT molecular complexity index is 1260. The molecule has 1 aromatic heterocycles. The van der Waals surface area contributed by atoms with Crippen molar-refractivity contribution in [1.29, 1.82) is 0 Å².